The average Bonchev–Trinajstić information content (AvgIpc) is 2.34. The Labute approximate surface area is 105 Å². The minimum Gasteiger partial charge on any atom is -0.271 e. The zero-order chi connectivity index (χ0) is 11.9. The van der Waals surface area contributed by atoms with Gasteiger partial charge in [0.05, 0.1) is 0 Å². The van der Waals surface area contributed by atoms with Gasteiger partial charge in [-0.25, -0.2) is 0 Å². The Morgan fingerprint density at radius 3 is 2.12 bits per heavy atom. The third-order valence-electron chi connectivity index (χ3n) is 3.96. The van der Waals surface area contributed by atoms with Crippen LogP contribution in [0, 0.1) is 5.92 Å². The Bertz CT molecular complexity index is 302. The molecule has 0 heterocycles. The monoisotopic (exact) mass is 232 g/mol. The molecule has 0 saturated heterocycles. The Hall–Kier alpha value is -0.860. The lowest BCUT2D eigenvalue weighted by molar-refractivity contribution is 0.290. The van der Waals surface area contributed by atoms with Crippen LogP contribution >= 0.6 is 0 Å². The van der Waals surface area contributed by atoms with Gasteiger partial charge >= 0.3 is 0 Å². The summed E-state index contributed by atoms with van der Waals surface area (Å²) in [6.45, 7) is 0. The van der Waals surface area contributed by atoms with Gasteiger partial charge in [-0.3, -0.25) is 11.3 Å². The molecule has 2 nitrogen and oxygen atoms in total. The van der Waals surface area contributed by atoms with E-state index in [1.807, 2.05) is 0 Å². The van der Waals surface area contributed by atoms with Crippen LogP contribution in [0.15, 0.2) is 30.3 Å². The molecule has 1 unspecified atom stereocenters. The molecule has 0 spiro atoms. The summed E-state index contributed by atoms with van der Waals surface area (Å²) >= 11 is 0. The zero-order valence-corrected chi connectivity index (χ0v) is 10.6. The highest BCUT2D eigenvalue weighted by Gasteiger charge is 2.22. The van der Waals surface area contributed by atoms with Crippen LogP contribution in [-0.2, 0) is 0 Å². The number of hydrogen-bond acceptors (Lipinski definition) is 2. The molecule has 3 N–H and O–H groups in total. The molecule has 1 fully saturated rings. The van der Waals surface area contributed by atoms with Crippen molar-refractivity contribution in [2.24, 2.45) is 11.8 Å². The zero-order valence-electron chi connectivity index (χ0n) is 10.6. The molecule has 0 aliphatic heterocycles. The molecule has 94 valence electrons. The first-order chi connectivity index (χ1) is 8.42. The van der Waals surface area contributed by atoms with E-state index in [4.69, 9.17) is 5.84 Å². The predicted octanol–water partition coefficient (Wildman–Crippen LogP) is 3.55. The first kappa shape index (κ1) is 12.6. The fourth-order valence-electron chi connectivity index (χ4n) is 2.99. The predicted molar refractivity (Wildman–Crippen MR) is 72.3 cm³/mol. The Morgan fingerprint density at radius 2 is 1.53 bits per heavy atom. The van der Waals surface area contributed by atoms with Crippen molar-refractivity contribution in [1.29, 1.82) is 0 Å². The van der Waals surface area contributed by atoms with Crippen molar-refractivity contribution in [3.63, 3.8) is 0 Å². The van der Waals surface area contributed by atoms with Crippen LogP contribution in [0.4, 0.5) is 0 Å². The van der Waals surface area contributed by atoms with E-state index < -0.39 is 0 Å². The minimum atomic E-state index is 0.328. The first-order valence-electron chi connectivity index (χ1n) is 6.93. The van der Waals surface area contributed by atoms with Gasteiger partial charge in [0.15, 0.2) is 0 Å². The molecule has 1 saturated carbocycles. The van der Waals surface area contributed by atoms with E-state index in [9.17, 15) is 0 Å². The van der Waals surface area contributed by atoms with Crippen LogP contribution in [0.25, 0.3) is 0 Å². The highest BCUT2D eigenvalue weighted by Crippen LogP contribution is 2.32. The number of nitrogens with one attached hydrogen (secondary N) is 1. The van der Waals surface area contributed by atoms with Crippen LogP contribution in [0.5, 0.6) is 0 Å². The topological polar surface area (TPSA) is 38.0 Å². The molecule has 1 aromatic rings. The smallest absolute Gasteiger partial charge is 0.0488 e. The molecule has 0 bridgehead atoms. The second-order valence-corrected chi connectivity index (χ2v) is 5.16. The van der Waals surface area contributed by atoms with Crippen LogP contribution in [0.2, 0.25) is 0 Å². The van der Waals surface area contributed by atoms with Crippen molar-refractivity contribution in [2.75, 3.05) is 0 Å². The molecular weight excluding hydrogens is 208 g/mol. The molecule has 1 aromatic carbocycles. The molecule has 1 atom stereocenters. The van der Waals surface area contributed by atoms with Crippen molar-refractivity contribution < 1.29 is 0 Å². The molecule has 0 radical (unpaired) electrons. The van der Waals surface area contributed by atoms with Gasteiger partial charge in [-0.2, -0.15) is 0 Å². The molecule has 1 aliphatic rings. The third kappa shape index (κ3) is 3.55. The summed E-state index contributed by atoms with van der Waals surface area (Å²) in [4.78, 5) is 0. The van der Waals surface area contributed by atoms with Crippen molar-refractivity contribution in [2.45, 2.75) is 51.0 Å². The fourth-order valence-corrected chi connectivity index (χ4v) is 2.99. The highest BCUT2D eigenvalue weighted by molar-refractivity contribution is 5.19. The van der Waals surface area contributed by atoms with E-state index in [-0.39, 0.29) is 0 Å². The summed E-state index contributed by atoms with van der Waals surface area (Å²) in [7, 11) is 0. The molecule has 2 heteroatoms. The Morgan fingerprint density at radius 1 is 0.941 bits per heavy atom. The summed E-state index contributed by atoms with van der Waals surface area (Å²) in [5.41, 5.74) is 4.37. The Balaban J connectivity index is 2.05. The maximum atomic E-state index is 5.78. The lowest BCUT2D eigenvalue weighted by atomic mass is 9.83. The fraction of sp³-hybridized carbons (Fsp3) is 0.600. The average molecular weight is 232 g/mol. The number of hydrazine groups is 1. The van der Waals surface area contributed by atoms with E-state index in [1.54, 1.807) is 0 Å². The van der Waals surface area contributed by atoms with Crippen molar-refractivity contribution in [3.8, 4) is 0 Å². The Kier molecular flexibility index (Phi) is 5.02. The second kappa shape index (κ2) is 6.77. The molecule has 2 rings (SSSR count). The number of rotatable bonds is 3. The summed E-state index contributed by atoms with van der Waals surface area (Å²) in [6.07, 6.45) is 9.53. The summed E-state index contributed by atoms with van der Waals surface area (Å²) in [6, 6.07) is 11.0. The highest BCUT2D eigenvalue weighted by atomic mass is 15.2. The van der Waals surface area contributed by atoms with Gasteiger partial charge in [0.25, 0.3) is 0 Å². The quantitative estimate of drug-likeness (QED) is 0.618. The number of hydrogen-bond donors (Lipinski definition) is 2. The minimum absolute atomic E-state index is 0.328. The maximum Gasteiger partial charge on any atom is 0.0488 e. The van der Waals surface area contributed by atoms with Crippen molar-refractivity contribution in [3.05, 3.63) is 35.9 Å². The third-order valence-corrected chi connectivity index (χ3v) is 3.96. The van der Waals surface area contributed by atoms with Gasteiger partial charge in [-0.15, -0.1) is 0 Å². The van der Waals surface area contributed by atoms with E-state index in [0.29, 0.717) is 12.0 Å². The van der Waals surface area contributed by atoms with Gasteiger partial charge in [0, 0.05) is 6.04 Å². The molecule has 17 heavy (non-hydrogen) atoms. The SMILES string of the molecule is NNC(c1ccccc1)C1CCCCCCC1. The van der Waals surface area contributed by atoms with Crippen LogP contribution in [-0.4, -0.2) is 0 Å². The summed E-state index contributed by atoms with van der Waals surface area (Å²) in [5, 5.41) is 0. The molecular formula is C15H24N2. The maximum absolute atomic E-state index is 5.78. The van der Waals surface area contributed by atoms with E-state index in [2.05, 4.69) is 35.8 Å². The van der Waals surface area contributed by atoms with Crippen molar-refractivity contribution >= 4 is 0 Å². The summed E-state index contributed by atoms with van der Waals surface area (Å²) < 4.78 is 0. The number of benzene rings is 1. The largest absolute Gasteiger partial charge is 0.271 e. The second-order valence-electron chi connectivity index (χ2n) is 5.16. The lowest BCUT2D eigenvalue weighted by Crippen LogP contribution is -2.34. The lowest BCUT2D eigenvalue weighted by Gasteiger charge is -2.28. The van der Waals surface area contributed by atoms with Gasteiger partial charge in [0.2, 0.25) is 0 Å². The van der Waals surface area contributed by atoms with E-state index in [1.165, 1.54) is 50.5 Å². The van der Waals surface area contributed by atoms with Gasteiger partial charge in [0.1, 0.15) is 0 Å². The first-order valence-corrected chi connectivity index (χ1v) is 6.93. The van der Waals surface area contributed by atoms with Crippen LogP contribution in [0.3, 0.4) is 0 Å². The van der Waals surface area contributed by atoms with Crippen molar-refractivity contribution in [1.82, 2.24) is 5.43 Å². The summed E-state index contributed by atoms with van der Waals surface area (Å²) in [5.74, 6) is 6.47. The van der Waals surface area contributed by atoms with E-state index >= 15 is 0 Å². The standard InChI is InChI=1S/C15H24N2/c16-17-15(14-11-7-4-8-12-14)13-9-5-2-1-3-6-10-13/h4,7-8,11-13,15,17H,1-3,5-6,9-10,16H2. The molecule has 0 amide bonds. The molecule has 1 aliphatic carbocycles. The van der Waals surface area contributed by atoms with E-state index in [0.717, 1.165) is 0 Å². The van der Waals surface area contributed by atoms with Gasteiger partial charge < -0.3 is 0 Å². The van der Waals surface area contributed by atoms with Gasteiger partial charge in [-0.05, 0) is 24.3 Å². The van der Waals surface area contributed by atoms with Crippen LogP contribution in [0.1, 0.15) is 56.6 Å². The van der Waals surface area contributed by atoms with Gasteiger partial charge in [-0.1, -0.05) is 62.4 Å². The molecule has 0 aromatic heterocycles. The van der Waals surface area contributed by atoms with Crippen LogP contribution < -0.4 is 11.3 Å². The normalized spacial score (nSPS) is 20.5. The number of nitrogens with two attached hydrogens (primary N) is 1.